The second-order valence-corrected chi connectivity index (χ2v) is 3.94. The van der Waals surface area contributed by atoms with Crippen LogP contribution in [-0.2, 0) is 0 Å². The van der Waals surface area contributed by atoms with Crippen molar-refractivity contribution in [2.24, 2.45) is 0 Å². The number of nitrogens with zero attached hydrogens (tertiary/aromatic N) is 1. The molecule has 0 aliphatic carbocycles. The lowest BCUT2D eigenvalue weighted by molar-refractivity contribution is 0.0697. The van der Waals surface area contributed by atoms with Crippen LogP contribution in [0.4, 0.5) is 4.39 Å². The fraction of sp³-hybridized carbons (Fsp3) is 0. The van der Waals surface area contributed by atoms with E-state index in [0.717, 1.165) is 12.1 Å². The fourth-order valence-corrected chi connectivity index (χ4v) is 1.72. The van der Waals surface area contributed by atoms with Crippen molar-refractivity contribution < 1.29 is 19.4 Å². The zero-order chi connectivity index (χ0) is 13.3. The second kappa shape index (κ2) is 4.62. The van der Waals surface area contributed by atoms with E-state index in [9.17, 15) is 14.3 Å². The normalized spacial score (nSPS) is 10.3. The molecule has 4 nitrogen and oxygen atoms in total. The van der Waals surface area contributed by atoms with E-state index in [0.29, 0.717) is 0 Å². The highest BCUT2D eigenvalue weighted by Gasteiger charge is 2.14. The van der Waals surface area contributed by atoms with E-state index in [2.05, 4.69) is 4.98 Å². The Balaban J connectivity index is 2.66. The van der Waals surface area contributed by atoms with E-state index in [1.807, 2.05) is 0 Å². The van der Waals surface area contributed by atoms with Crippen molar-refractivity contribution >= 4 is 17.6 Å². The van der Waals surface area contributed by atoms with Gasteiger partial charge in [0.2, 0.25) is 0 Å². The summed E-state index contributed by atoms with van der Waals surface area (Å²) in [4.78, 5) is 14.8. The van der Waals surface area contributed by atoms with Crippen molar-refractivity contribution in [3.8, 4) is 16.9 Å². The minimum absolute atomic E-state index is 0.0248. The van der Waals surface area contributed by atoms with Crippen LogP contribution in [0.25, 0.3) is 11.1 Å². The zero-order valence-corrected chi connectivity index (χ0v) is 9.65. The number of hydrogen-bond acceptors (Lipinski definition) is 3. The first-order valence-corrected chi connectivity index (χ1v) is 5.24. The van der Waals surface area contributed by atoms with Gasteiger partial charge in [0.15, 0.2) is 0 Å². The van der Waals surface area contributed by atoms with Crippen molar-refractivity contribution in [2.45, 2.75) is 0 Å². The molecule has 0 spiro atoms. The third-order valence-corrected chi connectivity index (χ3v) is 2.50. The molecule has 2 N–H and O–H groups in total. The summed E-state index contributed by atoms with van der Waals surface area (Å²) in [7, 11) is 0. The number of rotatable bonds is 2. The summed E-state index contributed by atoms with van der Waals surface area (Å²) < 4.78 is 13.2. The molecule has 1 heterocycles. The molecular formula is C12H7ClFNO3. The Morgan fingerprint density at radius 2 is 2.00 bits per heavy atom. The lowest BCUT2D eigenvalue weighted by Crippen LogP contribution is -2.00. The van der Waals surface area contributed by atoms with E-state index in [4.69, 9.17) is 16.7 Å². The number of phenols is 1. The molecule has 18 heavy (non-hydrogen) atoms. The summed E-state index contributed by atoms with van der Waals surface area (Å²) in [6, 6.07) is 4.45. The van der Waals surface area contributed by atoms with Gasteiger partial charge in [-0.05, 0) is 23.8 Å². The van der Waals surface area contributed by atoms with Crippen LogP contribution in [0.3, 0.4) is 0 Å². The number of carboxylic acid groups (broad SMARTS) is 1. The molecule has 0 saturated carbocycles. The first-order chi connectivity index (χ1) is 8.47. The molecule has 0 unspecified atom stereocenters. The van der Waals surface area contributed by atoms with Crippen molar-refractivity contribution in [1.82, 2.24) is 4.98 Å². The maximum atomic E-state index is 13.2. The van der Waals surface area contributed by atoms with E-state index in [-0.39, 0.29) is 27.6 Å². The molecule has 1 aromatic carbocycles. The maximum Gasteiger partial charge on any atom is 0.336 e. The third-order valence-electron chi connectivity index (χ3n) is 2.29. The average molecular weight is 268 g/mol. The van der Waals surface area contributed by atoms with Crippen LogP contribution >= 0.6 is 11.6 Å². The predicted octanol–water partition coefficient (Wildman–Crippen LogP) is 2.94. The summed E-state index contributed by atoms with van der Waals surface area (Å²) in [5.74, 6) is -2.18. The van der Waals surface area contributed by atoms with Gasteiger partial charge in [-0.3, -0.25) is 0 Å². The largest absolute Gasteiger partial charge is 0.508 e. The van der Waals surface area contributed by atoms with Crippen LogP contribution in [0, 0.1) is 5.82 Å². The predicted molar refractivity (Wildman–Crippen MR) is 63.3 cm³/mol. The summed E-state index contributed by atoms with van der Waals surface area (Å²) in [5, 5.41) is 18.4. The molecule has 92 valence electrons. The lowest BCUT2D eigenvalue weighted by atomic mass is 10.0. The molecule has 2 rings (SSSR count). The molecule has 0 bridgehead atoms. The van der Waals surface area contributed by atoms with Gasteiger partial charge in [0.1, 0.15) is 16.7 Å². The molecule has 0 saturated heterocycles. The quantitative estimate of drug-likeness (QED) is 0.821. The molecular weight excluding hydrogens is 261 g/mol. The minimum Gasteiger partial charge on any atom is -0.508 e. The first-order valence-electron chi connectivity index (χ1n) is 4.86. The van der Waals surface area contributed by atoms with E-state index < -0.39 is 11.8 Å². The molecule has 0 aliphatic heterocycles. The molecule has 0 radical (unpaired) electrons. The van der Waals surface area contributed by atoms with Gasteiger partial charge in [-0.15, -0.1) is 0 Å². The van der Waals surface area contributed by atoms with E-state index >= 15 is 0 Å². The van der Waals surface area contributed by atoms with Crippen molar-refractivity contribution in [1.29, 1.82) is 0 Å². The number of benzene rings is 1. The fourth-order valence-electron chi connectivity index (χ4n) is 1.57. The second-order valence-electron chi connectivity index (χ2n) is 3.56. The molecule has 0 aliphatic rings. The van der Waals surface area contributed by atoms with Gasteiger partial charge in [0, 0.05) is 17.8 Å². The minimum atomic E-state index is -1.21. The summed E-state index contributed by atoms with van der Waals surface area (Å²) in [6.07, 6.45) is 1.22. The third kappa shape index (κ3) is 2.41. The van der Waals surface area contributed by atoms with Gasteiger partial charge in [-0.2, -0.15) is 0 Å². The zero-order valence-electron chi connectivity index (χ0n) is 8.89. The van der Waals surface area contributed by atoms with Crippen molar-refractivity contribution in [3.63, 3.8) is 0 Å². The number of aromatic hydroxyl groups is 1. The highest BCUT2D eigenvalue weighted by atomic mass is 35.5. The Morgan fingerprint density at radius 3 is 2.61 bits per heavy atom. The Morgan fingerprint density at radius 1 is 1.28 bits per heavy atom. The van der Waals surface area contributed by atoms with Gasteiger partial charge in [0.05, 0.1) is 5.56 Å². The van der Waals surface area contributed by atoms with Gasteiger partial charge >= 0.3 is 5.97 Å². The number of pyridine rings is 1. The number of aromatic carboxylic acids is 1. The Hall–Kier alpha value is -2.14. The van der Waals surface area contributed by atoms with E-state index in [1.165, 1.54) is 18.3 Å². The topological polar surface area (TPSA) is 70.4 Å². The first kappa shape index (κ1) is 12.3. The molecule has 0 fully saturated rings. The highest BCUT2D eigenvalue weighted by Crippen LogP contribution is 2.28. The van der Waals surface area contributed by atoms with Crippen molar-refractivity contribution in [3.05, 3.63) is 47.0 Å². The number of halogens is 2. The van der Waals surface area contributed by atoms with Crippen LogP contribution in [0.1, 0.15) is 10.4 Å². The van der Waals surface area contributed by atoms with E-state index in [1.54, 1.807) is 0 Å². The van der Waals surface area contributed by atoms with Crippen LogP contribution in [0.5, 0.6) is 5.75 Å². The standard InChI is InChI=1S/C12H7ClFNO3/c13-11-4-9(12(17)18)10(5-15-11)6-1-7(14)3-8(16)2-6/h1-5,16H,(H,17,18). The van der Waals surface area contributed by atoms with Crippen LogP contribution in [-0.4, -0.2) is 21.2 Å². The monoisotopic (exact) mass is 267 g/mol. The Labute approximate surface area is 106 Å². The van der Waals surface area contributed by atoms with Crippen LogP contribution in [0.2, 0.25) is 5.15 Å². The summed E-state index contributed by atoms with van der Waals surface area (Å²) >= 11 is 5.61. The van der Waals surface area contributed by atoms with Gasteiger partial charge in [-0.25, -0.2) is 14.2 Å². The van der Waals surface area contributed by atoms with Gasteiger partial charge in [0.25, 0.3) is 0 Å². The lowest BCUT2D eigenvalue weighted by Gasteiger charge is -2.07. The number of hydrogen-bond donors (Lipinski definition) is 2. The number of carboxylic acids is 1. The van der Waals surface area contributed by atoms with Crippen LogP contribution < -0.4 is 0 Å². The van der Waals surface area contributed by atoms with Crippen molar-refractivity contribution in [2.75, 3.05) is 0 Å². The Kier molecular flexibility index (Phi) is 3.16. The number of carbonyl (C=O) groups is 1. The smallest absolute Gasteiger partial charge is 0.336 e. The SMILES string of the molecule is O=C(O)c1cc(Cl)ncc1-c1cc(O)cc(F)c1. The van der Waals surface area contributed by atoms with Gasteiger partial charge < -0.3 is 10.2 Å². The Bertz CT molecular complexity index is 610. The molecule has 2 aromatic rings. The van der Waals surface area contributed by atoms with Crippen LogP contribution in [0.15, 0.2) is 30.5 Å². The molecule has 0 atom stereocenters. The average Bonchev–Trinajstić information content (AvgIpc) is 2.27. The molecule has 6 heteroatoms. The molecule has 1 aromatic heterocycles. The number of phenolic OH excluding ortho intramolecular Hbond substituents is 1. The molecule has 0 amide bonds. The summed E-state index contributed by atoms with van der Waals surface area (Å²) in [5.41, 5.74) is 0.288. The maximum absolute atomic E-state index is 13.2. The van der Waals surface area contributed by atoms with Gasteiger partial charge in [-0.1, -0.05) is 11.6 Å². The summed E-state index contributed by atoms with van der Waals surface area (Å²) in [6.45, 7) is 0. The number of aromatic nitrogens is 1. The highest BCUT2D eigenvalue weighted by molar-refractivity contribution is 6.29.